The van der Waals surface area contributed by atoms with Crippen LogP contribution in [0.4, 0.5) is 0 Å². The first-order chi connectivity index (χ1) is 9.74. The molecule has 1 saturated carbocycles. The Labute approximate surface area is 129 Å². The minimum absolute atomic E-state index is 0.542. The molecular formula is C15H11BrClN3. The van der Waals surface area contributed by atoms with Crippen molar-refractivity contribution in [2.75, 3.05) is 0 Å². The maximum atomic E-state index is 6.29. The van der Waals surface area contributed by atoms with Gasteiger partial charge in [0.2, 0.25) is 0 Å². The van der Waals surface area contributed by atoms with E-state index in [0.29, 0.717) is 11.1 Å². The minimum Gasteiger partial charge on any atom is -0.321 e. The van der Waals surface area contributed by atoms with Crippen LogP contribution in [0.5, 0.6) is 0 Å². The first-order valence-corrected chi connectivity index (χ1v) is 7.68. The molecular weight excluding hydrogens is 338 g/mol. The molecule has 0 unspecified atom stereocenters. The zero-order valence-corrected chi connectivity index (χ0v) is 12.9. The van der Waals surface area contributed by atoms with Crippen LogP contribution in [0.2, 0.25) is 5.02 Å². The Hall–Kier alpha value is -1.39. The fraction of sp³-hybridized carbons (Fsp3) is 0.200. The molecule has 20 heavy (non-hydrogen) atoms. The van der Waals surface area contributed by atoms with Crippen molar-refractivity contribution in [1.29, 1.82) is 0 Å². The molecule has 3 nitrogen and oxygen atoms in total. The highest BCUT2D eigenvalue weighted by molar-refractivity contribution is 9.10. The van der Waals surface area contributed by atoms with Gasteiger partial charge in [0.1, 0.15) is 5.82 Å². The lowest BCUT2D eigenvalue weighted by atomic mass is 10.2. The second-order valence-corrected chi connectivity index (χ2v) is 6.35. The normalized spacial score (nSPS) is 14.9. The van der Waals surface area contributed by atoms with Crippen LogP contribution in [0.15, 0.2) is 41.1 Å². The molecule has 5 heteroatoms. The van der Waals surface area contributed by atoms with Crippen molar-refractivity contribution in [2.24, 2.45) is 0 Å². The molecule has 2 heterocycles. The van der Waals surface area contributed by atoms with Crippen LogP contribution in [0.3, 0.4) is 0 Å². The van der Waals surface area contributed by atoms with Crippen molar-refractivity contribution in [1.82, 2.24) is 14.5 Å². The Bertz CT molecular complexity index is 808. The quantitative estimate of drug-likeness (QED) is 0.663. The van der Waals surface area contributed by atoms with Gasteiger partial charge in [-0.1, -0.05) is 27.5 Å². The Morgan fingerprint density at radius 2 is 2.10 bits per heavy atom. The number of halogens is 2. The van der Waals surface area contributed by atoms with Crippen molar-refractivity contribution >= 4 is 38.6 Å². The highest BCUT2D eigenvalue weighted by Gasteiger charge is 2.29. The number of nitrogens with zero attached hydrogens (tertiary/aromatic N) is 3. The zero-order valence-electron chi connectivity index (χ0n) is 10.6. The summed E-state index contributed by atoms with van der Waals surface area (Å²) in [6, 6.07) is 8.69. The van der Waals surface area contributed by atoms with E-state index in [0.717, 1.165) is 21.4 Å². The summed E-state index contributed by atoms with van der Waals surface area (Å²) < 4.78 is 3.35. The molecule has 1 aliphatic carbocycles. The summed E-state index contributed by atoms with van der Waals surface area (Å²) in [5, 5.41) is 0.642. The molecule has 2 aromatic heterocycles. The summed E-state index contributed by atoms with van der Waals surface area (Å²) in [5.41, 5.74) is 3.11. The number of benzene rings is 1. The average molecular weight is 349 g/mol. The molecule has 0 N–H and O–H groups in total. The number of rotatable bonds is 2. The summed E-state index contributed by atoms with van der Waals surface area (Å²) >= 11 is 9.79. The third kappa shape index (κ3) is 1.95. The second kappa shape index (κ2) is 4.57. The second-order valence-electron chi connectivity index (χ2n) is 5.03. The van der Waals surface area contributed by atoms with Crippen molar-refractivity contribution in [3.8, 4) is 11.4 Å². The monoisotopic (exact) mass is 347 g/mol. The summed E-state index contributed by atoms with van der Waals surface area (Å²) in [5.74, 6) is 0.938. The number of pyridine rings is 1. The highest BCUT2D eigenvalue weighted by atomic mass is 79.9. The van der Waals surface area contributed by atoms with Gasteiger partial charge in [0.05, 0.1) is 16.1 Å². The molecule has 1 fully saturated rings. The first kappa shape index (κ1) is 12.4. The fourth-order valence-electron chi connectivity index (χ4n) is 2.52. The molecule has 0 amide bonds. The summed E-state index contributed by atoms with van der Waals surface area (Å²) in [6.07, 6.45) is 5.84. The number of hydrogen-bond donors (Lipinski definition) is 0. The van der Waals surface area contributed by atoms with E-state index in [1.165, 1.54) is 18.4 Å². The van der Waals surface area contributed by atoms with Gasteiger partial charge >= 0.3 is 0 Å². The van der Waals surface area contributed by atoms with Crippen molar-refractivity contribution in [2.45, 2.75) is 18.9 Å². The van der Waals surface area contributed by atoms with E-state index in [2.05, 4.69) is 37.6 Å². The molecule has 0 aliphatic heterocycles. The summed E-state index contributed by atoms with van der Waals surface area (Å²) in [4.78, 5) is 8.84. The number of aromatic nitrogens is 3. The molecule has 0 atom stereocenters. The van der Waals surface area contributed by atoms with Gasteiger partial charge in [0.15, 0.2) is 0 Å². The largest absolute Gasteiger partial charge is 0.321 e. The molecule has 100 valence electrons. The van der Waals surface area contributed by atoms with Crippen LogP contribution in [-0.4, -0.2) is 14.5 Å². The smallest absolute Gasteiger partial charge is 0.143 e. The van der Waals surface area contributed by atoms with Gasteiger partial charge in [-0.15, -0.1) is 0 Å². The predicted molar refractivity (Wildman–Crippen MR) is 83.9 cm³/mol. The van der Waals surface area contributed by atoms with E-state index >= 15 is 0 Å². The number of fused-ring (bicyclic) bond motifs is 1. The lowest BCUT2D eigenvalue weighted by Gasteiger charge is -2.08. The van der Waals surface area contributed by atoms with Gasteiger partial charge < -0.3 is 4.57 Å². The Morgan fingerprint density at radius 3 is 2.85 bits per heavy atom. The van der Waals surface area contributed by atoms with Crippen molar-refractivity contribution < 1.29 is 0 Å². The topological polar surface area (TPSA) is 30.7 Å². The lowest BCUT2D eigenvalue weighted by molar-refractivity contribution is 0.775. The maximum Gasteiger partial charge on any atom is 0.143 e. The molecule has 4 rings (SSSR count). The minimum atomic E-state index is 0.542. The van der Waals surface area contributed by atoms with Crippen LogP contribution in [-0.2, 0) is 0 Å². The van der Waals surface area contributed by atoms with Gasteiger partial charge in [-0.25, -0.2) is 4.98 Å². The first-order valence-electron chi connectivity index (χ1n) is 6.51. The average Bonchev–Trinajstić information content (AvgIpc) is 3.20. The summed E-state index contributed by atoms with van der Waals surface area (Å²) in [7, 11) is 0. The molecule has 0 spiro atoms. The van der Waals surface area contributed by atoms with Crippen molar-refractivity contribution in [3.63, 3.8) is 0 Å². The van der Waals surface area contributed by atoms with E-state index in [9.17, 15) is 0 Å². The van der Waals surface area contributed by atoms with Gasteiger partial charge in [-0.05, 0) is 37.1 Å². The van der Waals surface area contributed by atoms with Gasteiger partial charge in [-0.2, -0.15) is 0 Å². The van der Waals surface area contributed by atoms with Crippen LogP contribution >= 0.6 is 27.5 Å². The third-order valence-corrected chi connectivity index (χ3v) is 4.37. The molecule has 0 saturated heterocycles. The molecule has 0 bridgehead atoms. The Morgan fingerprint density at radius 1 is 1.25 bits per heavy atom. The molecule has 1 aliphatic rings. The van der Waals surface area contributed by atoms with E-state index in [4.69, 9.17) is 16.6 Å². The number of imidazole rings is 1. The van der Waals surface area contributed by atoms with Gasteiger partial charge in [0.25, 0.3) is 0 Å². The third-order valence-electron chi connectivity index (χ3n) is 3.58. The van der Waals surface area contributed by atoms with Gasteiger partial charge in [-0.3, -0.25) is 4.98 Å². The highest BCUT2D eigenvalue weighted by Crippen LogP contribution is 2.42. The van der Waals surface area contributed by atoms with Crippen LogP contribution in [0.25, 0.3) is 22.4 Å². The van der Waals surface area contributed by atoms with E-state index in [1.54, 1.807) is 12.4 Å². The Kier molecular flexibility index (Phi) is 2.82. The van der Waals surface area contributed by atoms with Gasteiger partial charge in [0, 0.05) is 28.5 Å². The van der Waals surface area contributed by atoms with E-state index in [-0.39, 0.29) is 0 Å². The number of hydrogen-bond acceptors (Lipinski definition) is 2. The van der Waals surface area contributed by atoms with Crippen LogP contribution in [0.1, 0.15) is 18.9 Å². The zero-order chi connectivity index (χ0) is 13.7. The lowest BCUT2D eigenvalue weighted by Crippen LogP contribution is -1.97. The SMILES string of the molecule is Clc1cnccc1-c1nc2cc(Br)ccc2n1C1CC1. The van der Waals surface area contributed by atoms with Crippen LogP contribution in [0, 0.1) is 0 Å². The predicted octanol–water partition coefficient (Wildman–Crippen LogP) is 4.85. The Balaban J connectivity index is 2.03. The van der Waals surface area contributed by atoms with Crippen molar-refractivity contribution in [3.05, 3.63) is 46.2 Å². The fourth-order valence-corrected chi connectivity index (χ4v) is 3.07. The van der Waals surface area contributed by atoms with E-state index < -0.39 is 0 Å². The summed E-state index contributed by atoms with van der Waals surface area (Å²) in [6.45, 7) is 0. The molecule has 0 radical (unpaired) electrons. The maximum absolute atomic E-state index is 6.29. The van der Waals surface area contributed by atoms with E-state index in [1.807, 2.05) is 12.1 Å². The van der Waals surface area contributed by atoms with Crippen LogP contribution < -0.4 is 0 Å². The molecule has 1 aromatic carbocycles. The molecule has 3 aromatic rings. The standard InChI is InChI=1S/C15H11BrClN3/c16-9-1-4-14-13(7-9)19-15(20(14)10-2-3-10)11-5-6-18-8-12(11)17/h1,4-8,10H,2-3H2.